The monoisotopic (exact) mass is 313 g/mol. The minimum atomic E-state index is -0.605. The maximum Gasteiger partial charge on any atom is 0.438 e. The number of carbonyl (C=O) groups is 1. The number of rotatable bonds is 6. The summed E-state index contributed by atoms with van der Waals surface area (Å²) >= 11 is 7.11. The summed E-state index contributed by atoms with van der Waals surface area (Å²) in [6, 6.07) is 1.63. The second-order valence-corrected chi connectivity index (χ2v) is 5.31. The lowest BCUT2D eigenvalue weighted by atomic mass is 10.3. The van der Waals surface area contributed by atoms with Crippen LogP contribution in [-0.2, 0) is 6.42 Å². The van der Waals surface area contributed by atoms with Crippen molar-refractivity contribution in [3.63, 3.8) is 0 Å². The molecule has 0 aliphatic carbocycles. The molecule has 6 nitrogen and oxygen atoms in total. The lowest BCUT2D eigenvalue weighted by Gasteiger charge is -2.19. The molecule has 0 atom stereocenters. The van der Waals surface area contributed by atoms with Gasteiger partial charge in [0.05, 0.1) is 9.90 Å². The van der Waals surface area contributed by atoms with Crippen LogP contribution in [0.3, 0.4) is 0 Å². The zero-order valence-corrected chi connectivity index (χ0v) is 12.0. The number of aromatic amines is 1. The van der Waals surface area contributed by atoms with Crippen molar-refractivity contribution in [2.75, 3.05) is 13.1 Å². The van der Waals surface area contributed by atoms with Gasteiger partial charge >= 0.3 is 5.76 Å². The number of aromatic nitrogens is 2. The van der Waals surface area contributed by atoms with E-state index in [0.29, 0.717) is 35.2 Å². The summed E-state index contributed by atoms with van der Waals surface area (Å²) in [5.74, 6) is -0.333. The molecule has 20 heavy (non-hydrogen) atoms. The fraction of sp³-hybridized carbons (Fsp3) is 0.250. The van der Waals surface area contributed by atoms with Crippen molar-refractivity contribution in [3.05, 3.63) is 50.4 Å². The molecule has 2 aromatic heterocycles. The molecular formula is C12H12ClN3O3S. The van der Waals surface area contributed by atoms with Gasteiger partial charge in [0.2, 0.25) is 0 Å². The molecule has 1 amide bonds. The first-order chi connectivity index (χ1) is 9.60. The number of carbonyl (C=O) groups excluding carboxylic acids is 1. The van der Waals surface area contributed by atoms with E-state index < -0.39 is 5.76 Å². The zero-order valence-electron chi connectivity index (χ0n) is 10.5. The Kier molecular flexibility index (Phi) is 4.75. The molecule has 0 fully saturated rings. The molecular weight excluding hydrogens is 302 g/mol. The second kappa shape index (κ2) is 6.53. The average molecular weight is 314 g/mol. The van der Waals surface area contributed by atoms with Crippen molar-refractivity contribution in [2.24, 2.45) is 0 Å². The third-order valence-corrected chi connectivity index (χ3v) is 3.78. The summed E-state index contributed by atoms with van der Waals surface area (Å²) < 4.78 is 4.41. The highest BCUT2D eigenvalue weighted by Crippen LogP contribution is 2.20. The van der Waals surface area contributed by atoms with Crippen LogP contribution in [0.25, 0.3) is 0 Å². The third-order valence-electron chi connectivity index (χ3n) is 2.52. The Hall–Kier alpha value is -1.86. The molecule has 0 saturated heterocycles. The molecule has 0 aliphatic rings. The molecule has 8 heteroatoms. The fourth-order valence-corrected chi connectivity index (χ4v) is 2.66. The number of H-pyrrole nitrogens is 1. The quantitative estimate of drug-likeness (QED) is 0.827. The predicted octanol–water partition coefficient (Wildman–Crippen LogP) is 1.95. The van der Waals surface area contributed by atoms with E-state index >= 15 is 0 Å². The number of thiophene rings is 1. The van der Waals surface area contributed by atoms with E-state index in [1.807, 2.05) is 0 Å². The van der Waals surface area contributed by atoms with Crippen LogP contribution in [0.5, 0.6) is 0 Å². The van der Waals surface area contributed by atoms with Gasteiger partial charge in [0.25, 0.3) is 5.91 Å². The van der Waals surface area contributed by atoms with Crippen LogP contribution in [0.15, 0.2) is 33.4 Å². The molecule has 0 aromatic carbocycles. The number of hydrogen-bond donors (Lipinski definition) is 1. The maximum atomic E-state index is 12.3. The highest BCUT2D eigenvalue weighted by atomic mass is 35.5. The Morgan fingerprint density at radius 1 is 1.65 bits per heavy atom. The minimum Gasteiger partial charge on any atom is -0.334 e. The van der Waals surface area contributed by atoms with E-state index in [9.17, 15) is 9.59 Å². The number of nitrogens with zero attached hydrogens (tertiary/aromatic N) is 2. The Bertz CT molecular complexity index is 661. The first-order valence-electron chi connectivity index (χ1n) is 5.79. The van der Waals surface area contributed by atoms with Gasteiger partial charge in [0, 0.05) is 24.9 Å². The number of nitrogens with one attached hydrogen (secondary N) is 1. The lowest BCUT2D eigenvalue weighted by molar-refractivity contribution is 0.0779. The predicted molar refractivity (Wildman–Crippen MR) is 76.3 cm³/mol. The van der Waals surface area contributed by atoms with Gasteiger partial charge in [-0.15, -0.1) is 17.9 Å². The van der Waals surface area contributed by atoms with Crippen molar-refractivity contribution in [3.8, 4) is 0 Å². The number of amides is 1. The fourth-order valence-electron chi connectivity index (χ4n) is 1.62. The molecule has 2 aromatic rings. The highest BCUT2D eigenvalue weighted by molar-refractivity contribution is 7.12. The van der Waals surface area contributed by atoms with Gasteiger partial charge in [-0.3, -0.25) is 14.3 Å². The maximum absolute atomic E-state index is 12.3. The summed E-state index contributed by atoms with van der Waals surface area (Å²) in [6.45, 7) is 4.42. The summed E-state index contributed by atoms with van der Waals surface area (Å²) in [5.41, 5.74) is 0. The number of halogens is 1. The van der Waals surface area contributed by atoms with Gasteiger partial charge in [0.15, 0.2) is 5.82 Å². The molecule has 0 unspecified atom stereocenters. The lowest BCUT2D eigenvalue weighted by Crippen LogP contribution is -2.32. The average Bonchev–Trinajstić information content (AvgIpc) is 3.02. The second-order valence-electron chi connectivity index (χ2n) is 3.96. The molecule has 2 rings (SSSR count). The van der Waals surface area contributed by atoms with Gasteiger partial charge in [-0.2, -0.15) is 0 Å². The molecule has 0 saturated carbocycles. The van der Waals surface area contributed by atoms with Gasteiger partial charge in [-0.1, -0.05) is 22.8 Å². The van der Waals surface area contributed by atoms with Crippen LogP contribution in [-0.4, -0.2) is 34.0 Å². The van der Waals surface area contributed by atoms with E-state index in [0.717, 1.165) is 0 Å². The van der Waals surface area contributed by atoms with E-state index in [4.69, 9.17) is 11.6 Å². The van der Waals surface area contributed by atoms with Crippen LogP contribution < -0.4 is 5.76 Å². The molecule has 0 spiro atoms. The van der Waals surface area contributed by atoms with E-state index in [1.165, 1.54) is 11.3 Å². The third kappa shape index (κ3) is 3.58. The molecule has 0 radical (unpaired) electrons. The van der Waals surface area contributed by atoms with Gasteiger partial charge in [0.1, 0.15) is 0 Å². The SMILES string of the molecule is C=CCN(CCc1noc(=O)[nH]1)C(=O)c1cc(Cl)cs1. The van der Waals surface area contributed by atoms with Crippen molar-refractivity contribution in [2.45, 2.75) is 6.42 Å². The summed E-state index contributed by atoms with van der Waals surface area (Å²) in [4.78, 5) is 27.7. The molecule has 106 valence electrons. The van der Waals surface area contributed by atoms with Gasteiger partial charge in [-0.25, -0.2) is 4.79 Å². The standard InChI is InChI=1S/C12H12ClN3O3S/c1-2-4-16(5-3-10-14-12(18)19-15-10)11(17)9-6-8(13)7-20-9/h2,6-7H,1,3-5H2,(H,14,15,18). The summed E-state index contributed by atoms with van der Waals surface area (Å²) in [5, 5.41) is 5.80. The van der Waals surface area contributed by atoms with E-state index in [2.05, 4.69) is 21.2 Å². The first-order valence-corrected chi connectivity index (χ1v) is 7.05. The summed E-state index contributed by atoms with van der Waals surface area (Å²) in [7, 11) is 0. The molecule has 0 bridgehead atoms. The Morgan fingerprint density at radius 3 is 3.00 bits per heavy atom. The Balaban J connectivity index is 2.04. The van der Waals surface area contributed by atoms with Crippen LogP contribution in [0.2, 0.25) is 5.02 Å². The van der Waals surface area contributed by atoms with Gasteiger partial charge in [-0.05, 0) is 6.07 Å². The largest absolute Gasteiger partial charge is 0.438 e. The molecule has 1 N–H and O–H groups in total. The van der Waals surface area contributed by atoms with Crippen LogP contribution in [0.1, 0.15) is 15.5 Å². The zero-order chi connectivity index (χ0) is 14.5. The van der Waals surface area contributed by atoms with Crippen LogP contribution in [0.4, 0.5) is 0 Å². The molecule has 0 aliphatic heterocycles. The van der Waals surface area contributed by atoms with Crippen molar-refractivity contribution < 1.29 is 9.32 Å². The topological polar surface area (TPSA) is 79.2 Å². The smallest absolute Gasteiger partial charge is 0.334 e. The van der Waals surface area contributed by atoms with E-state index in [1.54, 1.807) is 22.4 Å². The highest BCUT2D eigenvalue weighted by Gasteiger charge is 2.17. The van der Waals surface area contributed by atoms with Crippen LogP contribution >= 0.6 is 22.9 Å². The summed E-state index contributed by atoms with van der Waals surface area (Å²) in [6.07, 6.45) is 2.03. The van der Waals surface area contributed by atoms with Crippen LogP contribution in [0, 0.1) is 0 Å². The Labute approximate surface area is 123 Å². The van der Waals surface area contributed by atoms with Crippen molar-refractivity contribution in [1.82, 2.24) is 15.0 Å². The van der Waals surface area contributed by atoms with Crippen molar-refractivity contribution in [1.29, 1.82) is 0 Å². The van der Waals surface area contributed by atoms with E-state index in [-0.39, 0.29) is 5.91 Å². The van der Waals surface area contributed by atoms with Crippen molar-refractivity contribution >= 4 is 28.8 Å². The number of hydrogen-bond acceptors (Lipinski definition) is 5. The first kappa shape index (κ1) is 14.5. The molecule has 2 heterocycles. The normalized spacial score (nSPS) is 10.4. The van der Waals surface area contributed by atoms with Gasteiger partial charge < -0.3 is 4.90 Å². The Morgan fingerprint density at radius 2 is 2.45 bits per heavy atom. The minimum absolute atomic E-state index is 0.132.